The van der Waals surface area contributed by atoms with Gasteiger partial charge in [-0.3, -0.25) is 9.88 Å². The van der Waals surface area contributed by atoms with Crippen LogP contribution in [0.5, 0.6) is 0 Å². The fourth-order valence-electron chi connectivity index (χ4n) is 2.97. The molecule has 0 amide bonds. The van der Waals surface area contributed by atoms with Crippen molar-refractivity contribution in [1.82, 2.24) is 24.6 Å². The van der Waals surface area contributed by atoms with Crippen LogP contribution in [-0.2, 0) is 19.5 Å². The van der Waals surface area contributed by atoms with Crippen LogP contribution in [-0.4, -0.2) is 37.7 Å². The van der Waals surface area contributed by atoms with Crippen LogP contribution < -0.4 is 0 Å². The van der Waals surface area contributed by atoms with E-state index in [0.29, 0.717) is 0 Å². The summed E-state index contributed by atoms with van der Waals surface area (Å²) in [6.07, 6.45) is 4.66. The Hall–Kier alpha value is -2.27. The highest BCUT2D eigenvalue weighted by molar-refractivity contribution is 5.81. The van der Waals surface area contributed by atoms with E-state index in [1.807, 2.05) is 18.6 Å². The topological polar surface area (TPSA) is 46.8 Å². The summed E-state index contributed by atoms with van der Waals surface area (Å²) in [6, 6.07) is 10.5. The third-order valence-electron chi connectivity index (χ3n) is 4.11. The second kappa shape index (κ2) is 5.26. The van der Waals surface area contributed by atoms with Gasteiger partial charge in [0.15, 0.2) is 0 Å². The molecule has 1 aliphatic rings. The van der Waals surface area contributed by atoms with Gasteiger partial charge in [-0.2, -0.15) is 0 Å². The van der Waals surface area contributed by atoms with Gasteiger partial charge >= 0.3 is 0 Å². The van der Waals surface area contributed by atoms with E-state index in [2.05, 4.69) is 48.9 Å². The molecule has 3 aromatic rings. The van der Waals surface area contributed by atoms with Crippen LogP contribution in [0.4, 0.5) is 0 Å². The molecule has 5 heteroatoms. The Morgan fingerprint density at radius 2 is 2.00 bits per heavy atom. The predicted molar refractivity (Wildman–Crippen MR) is 80.7 cm³/mol. The summed E-state index contributed by atoms with van der Waals surface area (Å²) < 4.78 is 2.15. The summed E-state index contributed by atoms with van der Waals surface area (Å²) in [7, 11) is 0. The highest BCUT2D eigenvalue weighted by Crippen LogP contribution is 2.18. The predicted octanol–water partition coefficient (Wildman–Crippen LogP) is 1.88. The molecule has 0 radical (unpaired) electrons. The van der Waals surface area contributed by atoms with Gasteiger partial charge in [0.05, 0.1) is 5.52 Å². The van der Waals surface area contributed by atoms with E-state index in [1.54, 1.807) is 0 Å². The summed E-state index contributed by atoms with van der Waals surface area (Å²) >= 11 is 0. The fourth-order valence-corrected chi connectivity index (χ4v) is 2.97. The maximum atomic E-state index is 4.55. The monoisotopic (exact) mass is 279 g/mol. The fraction of sp³-hybridized carbons (Fsp3) is 0.312. The third-order valence-corrected chi connectivity index (χ3v) is 4.11. The number of fused-ring (bicyclic) bond motifs is 2. The lowest BCUT2D eigenvalue weighted by molar-refractivity contribution is 0.272. The second-order valence-electron chi connectivity index (χ2n) is 5.46. The molecule has 0 unspecified atom stereocenters. The number of hydrogen-bond donors (Lipinski definition) is 0. The molecule has 1 aliphatic heterocycles. The Morgan fingerprint density at radius 3 is 3.00 bits per heavy atom. The summed E-state index contributed by atoms with van der Waals surface area (Å²) in [5.74, 6) is 1.09. The first-order valence-corrected chi connectivity index (χ1v) is 7.32. The largest absolute Gasteiger partial charge is 0.316 e. The lowest BCUT2D eigenvalue weighted by Crippen LogP contribution is -2.26. The van der Waals surface area contributed by atoms with Crippen LogP contribution in [0.25, 0.3) is 10.9 Å². The summed E-state index contributed by atoms with van der Waals surface area (Å²) in [5.41, 5.74) is 2.41. The SMILES string of the molecule is c1cnc2c(CN3CCc4nncn4CC3)cccc2c1. The van der Waals surface area contributed by atoms with Crippen molar-refractivity contribution in [1.29, 1.82) is 0 Å². The first kappa shape index (κ1) is 12.5. The molecule has 5 nitrogen and oxygen atoms in total. The Bertz CT molecular complexity index is 736. The lowest BCUT2D eigenvalue weighted by atomic mass is 10.1. The number of rotatable bonds is 2. The average molecular weight is 279 g/mol. The van der Waals surface area contributed by atoms with Crippen molar-refractivity contribution < 1.29 is 0 Å². The van der Waals surface area contributed by atoms with Crippen molar-refractivity contribution in [3.8, 4) is 0 Å². The van der Waals surface area contributed by atoms with Gasteiger partial charge in [0.2, 0.25) is 0 Å². The van der Waals surface area contributed by atoms with Gasteiger partial charge in [-0.15, -0.1) is 10.2 Å². The van der Waals surface area contributed by atoms with Crippen molar-refractivity contribution in [3.63, 3.8) is 0 Å². The van der Waals surface area contributed by atoms with Crippen LogP contribution in [0.2, 0.25) is 0 Å². The standard InChI is InChI=1S/C16H17N5/c1-3-13-5-2-7-17-16(13)14(4-1)11-20-8-6-15-19-18-12-21(15)10-9-20/h1-5,7,12H,6,8-11H2. The second-order valence-corrected chi connectivity index (χ2v) is 5.46. The number of benzene rings is 1. The molecule has 21 heavy (non-hydrogen) atoms. The molecule has 0 atom stereocenters. The normalized spacial score (nSPS) is 15.8. The van der Waals surface area contributed by atoms with Gasteiger partial charge in [0, 0.05) is 44.2 Å². The summed E-state index contributed by atoms with van der Waals surface area (Å²) in [5, 5.41) is 9.37. The van der Waals surface area contributed by atoms with Crippen molar-refractivity contribution in [2.24, 2.45) is 0 Å². The van der Waals surface area contributed by atoms with Gasteiger partial charge in [-0.05, 0) is 11.6 Å². The maximum absolute atomic E-state index is 4.55. The highest BCUT2D eigenvalue weighted by atomic mass is 15.3. The minimum atomic E-state index is 0.937. The minimum absolute atomic E-state index is 0.937. The van der Waals surface area contributed by atoms with Crippen molar-refractivity contribution >= 4 is 10.9 Å². The number of nitrogens with zero attached hydrogens (tertiary/aromatic N) is 5. The molecule has 0 saturated heterocycles. The lowest BCUT2D eigenvalue weighted by Gasteiger charge is -2.20. The van der Waals surface area contributed by atoms with E-state index in [-0.39, 0.29) is 0 Å². The Kier molecular flexibility index (Phi) is 3.12. The number of aromatic nitrogens is 4. The molecule has 0 aliphatic carbocycles. The van der Waals surface area contributed by atoms with Crippen LogP contribution in [0.15, 0.2) is 42.9 Å². The van der Waals surface area contributed by atoms with Crippen LogP contribution in [0, 0.1) is 0 Å². The van der Waals surface area contributed by atoms with Crippen LogP contribution >= 0.6 is 0 Å². The molecule has 2 aromatic heterocycles. The van der Waals surface area contributed by atoms with E-state index in [9.17, 15) is 0 Å². The van der Waals surface area contributed by atoms with Gasteiger partial charge in [0.25, 0.3) is 0 Å². The molecule has 0 spiro atoms. The third kappa shape index (κ3) is 2.40. The molecule has 1 aromatic carbocycles. The average Bonchev–Trinajstić information content (AvgIpc) is 2.90. The number of para-hydroxylation sites is 1. The molecule has 0 fully saturated rings. The van der Waals surface area contributed by atoms with Gasteiger partial charge in [-0.25, -0.2) is 0 Å². The van der Waals surface area contributed by atoms with Crippen LogP contribution in [0.3, 0.4) is 0 Å². The quantitative estimate of drug-likeness (QED) is 0.718. The Balaban J connectivity index is 1.57. The zero-order valence-electron chi connectivity index (χ0n) is 11.8. The zero-order valence-corrected chi connectivity index (χ0v) is 11.8. The van der Waals surface area contributed by atoms with E-state index in [0.717, 1.165) is 43.9 Å². The zero-order chi connectivity index (χ0) is 14.1. The van der Waals surface area contributed by atoms with Gasteiger partial charge in [-0.1, -0.05) is 24.3 Å². The summed E-state index contributed by atoms with van der Waals surface area (Å²) in [4.78, 5) is 7.02. The van der Waals surface area contributed by atoms with E-state index >= 15 is 0 Å². The molecule has 106 valence electrons. The smallest absolute Gasteiger partial charge is 0.134 e. The van der Waals surface area contributed by atoms with E-state index in [1.165, 1.54) is 10.9 Å². The van der Waals surface area contributed by atoms with Crippen molar-refractivity contribution in [3.05, 3.63) is 54.2 Å². The Labute approximate surface area is 123 Å². The summed E-state index contributed by atoms with van der Waals surface area (Å²) in [6.45, 7) is 3.93. The Morgan fingerprint density at radius 1 is 1.05 bits per heavy atom. The number of pyridine rings is 1. The molecule has 0 N–H and O–H groups in total. The van der Waals surface area contributed by atoms with Crippen molar-refractivity contribution in [2.75, 3.05) is 13.1 Å². The van der Waals surface area contributed by atoms with Crippen molar-refractivity contribution in [2.45, 2.75) is 19.5 Å². The maximum Gasteiger partial charge on any atom is 0.134 e. The number of hydrogen-bond acceptors (Lipinski definition) is 4. The molecule has 3 heterocycles. The molecular weight excluding hydrogens is 262 g/mol. The van der Waals surface area contributed by atoms with Crippen LogP contribution in [0.1, 0.15) is 11.4 Å². The molecule has 4 rings (SSSR count). The highest BCUT2D eigenvalue weighted by Gasteiger charge is 2.15. The first-order valence-electron chi connectivity index (χ1n) is 7.32. The minimum Gasteiger partial charge on any atom is -0.316 e. The van der Waals surface area contributed by atoms with Gasteiger partial charge in [0.1, 0.15) is 12.2 Å². The molecular formula is C16H17N5. The first-order chi connectivity index (χ1) is 10.4. The van der Waals surface area contributed by atoms with E-state index < -0.39 is 0 Å². The van der Waals surface area contributed by atoms with Gasteiger partial charge < -0.3 is 4.57 Å². The molecule has 0 saturated carbocycles. The van der Waals surface area contributed by atoms with E-state index in [4.69, 9.17) is 0 Å². The molecule has 0 bridgehead atoms.